The number of carbonyl (C=O) groups is 1. The number of nitrogen functional groups attached to an aromatic ring is 1. The summed E-state index contributed by atoms with van der Waals surface area (Å²) in [6.07, 6.45) is 2.04. The van der Waals surface area contributed by atoms with E-state index in [1.807, 2.05) is 18.4 Å². The molecule has 1 amide bonds. The number of halogens is 1. The summed E-state index contributed by atoms with van der Waals surface area (Å²) < 4.78 is 0. The molecule has 110 valence electrons. The molecule has 2 N–H and O–H groups in total. The van der Waals surface area contributed by atoms with Gasteiger partial charge in [0.1, 0.15) is 0 Å². The first-order valence-electron chi connectivity index (χ1n) is 6.44. The maximum absolute atomic E-state index is 12.4. The fraction of sp³-hybridized carbons (Fsp3) is 0.188. The third kappa shape index (κ3) is 3.93. The van der Waals surface area contributed by atoms with Gasteiger partial charge in [-0.25, -0.2) is 0 Å². The molecule has 0 fully saturated rings. The molecule has 0 atom stereocenters. The summed E-state index contributed by atoms with van der Waals surface area (Å²) in [5.41, 5.74) is 7.81. The van der Waals surface area contributed by atoms with E-state index < -0.39 is 0 Å². The minimum absolute atomic E-state index is 0.113. The minimum Gasteiger partial charge on any atom is -0.398 e. The third-order valence-electron chi connectivity index (χ3n) is 3.17. The smallest absolute Gasteiger partial charge is 0.255 e. The molecule has 0 bridgehead atoms. The first-order chi connectivity index (χ1) is 10.0. The quantitative estimate of drug-likeness (QED) is 0.686. The van der Waals surface area contributed by atoms with E-state index in [9.17, 15) is 4.79 Å². The van der Waals surface area contributed by atoms with E-state index in [2.05, 4.69) is 12.1 Å². The van der Waals surface area contributed by atoms with Crippen LogP contribution in [0.3, 0.4) is 0 Å². The van der Waals surface area contributed by atoms with Crippen LogP contribution in [-0.4, -0.2) is 24.1 Å². The maximum atomic E-state index is 12.4. The normalized spacial score (nSPS) is 10.4. The summed E-state index contributed by atoms with van der Waals surface area (Å²) in [4.78, 5) is 15.3. The van der Waals surface area contributed by atoms with Gasteiger partial charge in [0.15, 0.2) is 0 Å². The number of nitrogens with two attached hydrogens (primary N) is 1. The molecule has 0 unspecified atom stereocenters. The van der Waals surface area contributed by atoms with Crippen LogP contribution in [0.15, 0.2) is 47.4 Å². The van der Waals surface area contributed by atoms with Gasteiger partial charge in [0.05, 0.1) is 5.56 Å². The van der Waals surface area contributed by atoms with Crippen LogP contribution in [0.2, 0.25) is 5.02 Å². The van der Waals surface area contributed by atoms with Crippen LogP contribution in [0, 0.1) is 0 Å². The molecular weight excluding hydrogens is 304 g/mol. The summed E-state index contributed by atoms with van der Waals surface area (Å²) in [6.45, 7) is 0.537. The Kier molecular flexibility index (Phi) is 5.15. The van der Waals surface area contributed by atoms with Crippen molar-refractivity contribution in [3.8, 4) is 0 Å². The van der Waals surface area contributed by atoms with Crippen molar-refractivity contribution in [2.45, 2.75) is 11.4 Å². The number of hydrogen-bond donors (Lipinski definition) is 1. The van der Waals surface area contributed by atoms with Gasteiger partial charge in [-0.1, -0.05) is 23.7 Å². The molecular formula is C16H17ClN2OS. The lowest BCUT2D eigenvalue weighted by atomic mass is 10.1. The SMILES string of the molecule is CSc1ccc(CN(C)C(=O)c2ccc(Cl)cc2N)cc1. The molecule has 21 heavy (non-hydrogen) atoms. The Morgan fingerprint density at radius 3 is 2.48 bits per heavy atom. The molecule has 0 radical (unpaired) electrons. The highest BCUT2D eigenvalue weighted by Crippen LogP contribution is 2.20. The van der Waals surface area contributed by atoms with E-state index in [1.165, 1.54) is 4.90 Å². The Bertz CT molecular complexity index is 643. The molecule has 0 aliphatic carbocycles. The second kappa shape index (κ2) is 6.87. The van der Waals surface area contributed by atoms with E-state index in [0.29, 0.717) is 22.8 Å². The Hall–Kier alpha value is -1.65. The second-order valence-electron chi connectivity index (χ2n) is 4.74. The van der Waals surface area contributed by atoms with Crippen LogP contribution in [0.25, 0.3) is 0 Å². The number of benzene rings is 2. The molecule has 0 aliphatic heterocycles. The van der Waals surface area contributed by atoms with Gasteiger partial charge in [-0.2, -0.15) is 0 Å². The van der Waals surface area contributed by atoms with Crippen molar-refractivity contribution in [3.63, 3.8) is 0 Å². The van der Waals surface area contributed by atoms with Crippen molar-refractivity contribution in [2.75, 3.05) is 19.0 Å². The predicted molar refractivity (Wildman–Crippen MR) is 89.9 cm³/mol. The highest BCUT2D eigenvalue weighted by molar-refractivity contribution is 7.98. The van der Waals surface area contributed by atoms with E-state index >= 15 is 0 Å². The van der Waals surface area contributed by atoms with Crippen molar-refractivity contribution in [1.29, 1.82) is 0 Å². The molecule has 0 saturated heterocycles. The lowest BCUT2D eigenvalue weighted by molar-refractivity contribution is 0.0786. The van der Waals surface area contributed by atoms with Gasteiger partial charge in [0.2, 0.25) is 0 Å². The van der Waals surface area contributed by atoms with E-state index in [0.717, 1.165) is 5.56 Å². The van der Waals surface area contributed by atoms with Gasteiger partial charge in [-0.05, 0) is 42.2 Å². The van der Waals surface area contributed by atoms with Gasteiger partial charge in [-0.3, -0.25) is 4.79 Å². The molecule has 2 rings (SSSR count). The first-order valence-corrected chi connectivity index (χ1v) is 8.05. The van der Waals surface area contributed by atoms with Crippen LogP contribution in [-0.2, 0) is 6.54 Å². The number of carbonyl (C=O) groups excluding carboxylic acids is 1. The first kappa shape index (κ1) is 15.7. The Morgan fingerprint density at radius 1 is 1.24 bits per heavy atom. The summed E-state index contributed by atoms with van der Waals surface area (Å²) >= 11 is 7.55. The fourth-order valence-corrected chi connectivity index (χ4v) is 2.60. The van der Waals surface area contributed by atoms with Crippen molar-refractivity contribution in [2.24, 2.45) is 0 Å². The average molecular weight is 321 g/mol. The lowest BCUT2D eigenvalue weighted by Crippen LogP contribution is -2.26. The van der Waals surface area contributed by atoms with Crippen LogP contribution < -0.4 is 5.73 Å². The van der Waals surface area contributed by atoms with Crippen LogP contribution >= 0.6 is 23.4 Å². The molecule has 3 nitrogen and oxygen atoms in total. The van der Waals surface area contributed by atoms with Crippen molar-refractivity contribution in [3.05, 3.63) is 58.6 Å². The van der Waals surface area contributed by atoms with Gasteiger partial charge in [0.25, 0.3) is 5.91 Å². The zero-order valence-corrected chi connectivity index (χ0v) is 13.5. The number of hydrogen-bond acceptors (Lipinski definition) is 3. The standard InChI is InChI=1S/C16H17ClN2OS/c1-19(10-11-3-6-13(21-2)7-4-11)16(20)14-8-5-12(17)9-15(14)18/h3-9H,10,18H2,1-2H3. The lowest BCUT2D eigenvalue weighted by Gasteiger charge is -2.18. The second-order valence-corrected chi connectivity index (χ2v) is 6.06. The van der Waals surface area contributed by atoms with Gasteiger partial charge in [-0.15, -0.1) is 11.8 Å². The number of rotatable bonds is 4. The highest BCUT2D eigenvalue weighted by Gasteiger charge is 2.15. The third-order valence-corrected chi connectivity index (χ3v) is 4.15. The van der Waals surface area contributed by atoms with Gasteiger partial charge in [0, 0.05) is 29.2 Å². The van der Waals surface area contributed by atoms with Crippen LogP contribution in [0.5, 0.6) is 0 Å². The molecule has 5 heteroatoms. The molecule has 0 spiro atoms. The summed E-state index contributed by atoms with van der Waals surface area (Å²) in [5.74, 6) is -0.113. The van der Waals surface area contributed by atoms with Crippen LogP contribution in [0.1, 0.15) is 15.9 Å². The van der Waals surface area contributed by atoms with Crippen LogP contribution in [0.4, 0.5) is 5.69 Å². The molecule has 0 aliphatic rings. The molecule has 0 aromatic heterocycles. The zero-order chi connectivity index (χ0) is 15.4. The number of amides is 1. The van der Waals surface area contributed by atoms with E-state index in [4.69, 9.17) is 17.3 Å². The fourth-order valence-electron chi connectivity index (χ4n) is 2.01. The van der Waals surface area contributed by atoms with E-state index in [1.54, 1.807) is 41.9 Å². The largest absolute Gasteiger partial charge is 0.398 e. The number of thioether (sulfide) groups is 1. The van der Waals surface area contributed by atoms with Gasteiger partial charge >= 0.3 is 0 Å². The topological polar surface area (TPSA) is 46.3 Å². The Morgan fingerprint density at radius 2 is 1.90 bits per heavy atom. The van der Waals surface area contributed by atoms with Crippen molar-refractivity contribution >= 4 is 35.0 Å². The van der Waals surface area contributed by atoms with Crippen molar-refractivity contribution in [1.82, 2.24) is 4.90 Å². The summed E-state index contributed by atoms with van der Waals surface area (Å²) in [6, 6.07) is 13.1. The highest BCUT2D eigenvalue weighted by atomic mass is 35.5. The number of anilines is 1. The predicted octanol–water partition coefficient (Wildman–Crippen LogP) is 3.92. The monoisotopic (exact) mass is 320 g/mol. The molecule has 0 heterocycles. The molecule has 2 aromatic carbocycles. The average Bonchev–Trinajstić information content (AvgIpc) is 2.47. The zero-order valence-electron chi connectivity index (χ0n) is 12.0. The Labute approximate surface area is 134 Å². The molecule has 0 saturated carbocycles. The molecule has 2 aromatic rings. The Balaban J connectivity index is 2.11. The van der Waals surface area contributed by atoms with Gasteiger partial charge < -0.3 is 10.6 Å². The maximum Gasteiger partial charge on any atom is 0.255 e. The minimum atomic E-state index is -0.113. The summed E-state index contributed by atoms with van der Waals surface area (Å²) in [5, 5.41) is 0.527. The van der Waals surface area contributed by atoms with Crippen molar-refractivity contribution < 1.29 is 4.79 Å². The summed E-state index contributed by atoms with van der Waals surface area (Å²) in [7, 11) is 1.76. The van der Waals surface area contributed by atoms with E-state index in [-0.39, 0.29) is 5.91 Å². The number of nitrogens with zero attached hydrogens (tertiary/aromatic N) is 1.